The smallest absolute Gasteiger partial charge is 0.240 e. The van der Waals surface area contributed by atoms with Gasteiger partial charge in [-0.25, -0.2) is 0 Å². The van der Waals surface area contributed by atoms with E-state index in [-0.39, 0.29) is 10.8 Å². The van der Waals surface area contributed by atoms with E-state index in [1.54, 1.807) is 0 Å². The number of aromatic nitrogens is 2. The summed E-state index contributed by atoms with van der Waals surface area (Å²) in [6, 6.07) is 10.5. The number of nitrogens with two attached hydrogens (primary N) is 1. The van der Waals surface area contributed by atoms with Gasteiger partial charge in [0.2, 0.25) is 5.89 Å². The lowest BCUT2D eigenvalue weighted by molar-refractivity contribution is 0.228. The molecule has 1 heterocycles. The summed E-state index contributed by atoms with van der Waals surface area (Å²) in [5.74, 6) is 2.76. The zero-order valence-electron chi connectivity index (χ0n) is 13.2. The van der Waals surface area contributed by atoms with Gasteiger partial charge in [-0.05, 0) is 30.7 Å². The van der Waals surface area contributed by atoms with Crippen molar-refractivity contribution in [2.24, 2.45) is 11.7 Å². The predicted molar refractivity (Wildman–Crippen MR) is 89.3 cm³/mol. The van der Waals surface area contributed by atoms with E-state index in [1.807, 2.05) is 17.8 Å². The molecule has 2 aromatic rings. The highest BCUT2D eigenvalue weighted by Crippen LogP contribution is 2.40. The lowest BCUT2D eigenvalue weighted by atomic mass is 9.77. The van der Waals surface area contributed by atoms with Crippen molar-refractivity contribution in [1.82, 2.24) is 10.1 Å². The Morgan fingerprint density at radius 1 is 1.27 bits per heavy atom. The first kappa shape index (κ1) is 15.6. The van der Waals surface area contributed by atoms with Gasteiger partial charge in [-0.15, -0.1) is 11.8 Å². The molecule has 3 rings (SSSR count). The Kier molecular flexibility index (Phi) is 4.54. The quantitative estimate of drug-likeness (QED) is 0.871. The predicted octanol–water partition coefficient (Wildman–Crippen LogP) is 4.04. The molecule has 1 aliphatic rings. The molecule has 1 aromatic carbocycles. The Balaban J connectivity index is 1.71. The van der Waals surface area contributed by atoms with Crippen LogP contribution < -0.4 is 5.73 Å². The average molecular weight is 317 g/mol. The monoisotopic (exact) mass is 317 g/mol. The zero-order chi connectivity index (χ0) is 15.6. The molecule has 1 atom stereocenters. The molecule has 118 valence electrons. The van der Waals surface area contributed by atoms with Crippen LogP contribution in [0.2, 0.25) is 0 Å². The van der Waals surface area contributed by atoms with Crippen LogP contribution >= 0.6 is 11.8 Å². The van der Waals surface area contributed by atoms with Gasteiger partial charge in [-0.2, -0.15) is 4.98 Å². The third-order valence-electron chi connectivity index (χ3n) is 4.25. The molecule has 0 aliphatic heterocycles. The second-order valence-corrected chi connectivity index (χ2v) is 7.56. The summed E-state index contributed by atoms with van der Waals surface area (Å²) in [5.41, 5.74) is 7.25. The fraction of sp³-hybridized carbons (Fsp3) is 0.529. The van der Waals surface area contributed by atoms with E-state index in [0.717, 1.165) is 25.0 Å². The van der Waals surface area contributed by atoms with Crippen LogP contribution in [0.3, 0.4) is 0 Å². The fourth-order valence-corrected chi connectivity index (χ4v) is 3.83. The molecule has 0 saturated heterocycles. The van der Waals surface area contributed by atoms with Crippen LogP contribution in [0.15, 0.2) is 34.9 Å². The number of hydrogen-bond acceptors (Lipinski definition) is 5. The van der Waals surface area contributed by atoms with E-state index in [2.05, 4.69) is 48.3 Å². The molecule has 0 spiro atoms. The van der Waals surface area contributed by atoms with Crippen molar-refractivity contribution < 1.29 is 4.52 Å². The molecule has 0 amide bonds. The van der Waals surface area contributed by atoms with Crippen LogP contribution in [0.1, 0.15) is 55.6 Å². The second kappa shape index (κ2) is 6.42. The van der Waals surface area contributed by atoms with Crippen LogP contribution in [0.4, 0.5) is 0 Å². The van der Waals surface area contributed by atoms with Gasteiger partial charge in [0.25, 0.3) is 0 Å². The van der Waals surface area contributed by atoms with E-state index >= 15 is 0 Å². The summed E-state index contributed by atoms with van der Waals surface area (Å²) in [6.45, 7) is 4.38. The van der Waals surface area contributed by atoms with Crippen molar-refractivity contribution in [1.29, 1.82) is 0 Å². The molecule has 1 aliphatic carbocycles. The van der Waals surface area contributed by atoms with Crippen molar-refractivity contribution >= 4 is 11.8 Å². The third-order valence-corrected chi connectivity index (χ3v) is 5.86. The topological polar surface area (TPSA) is 64.9 Å². The van der Waals surface area contributed by atoms with Gasteiger partial charge in [0.05, 0.1) is 10.8 Å². The molecule has 1 saturated carbocycles. The molecule has 1 fully saturated rings. The minimum Gasteiger partial charge on any atom is -0.338 e. The Hall–Kier alpha value is -1.33. The number of nitrogens with zero attached hydrogens (tertiary/aromatic N) is 2. The molecule has 1 unspecified atom stereocenters. The van der Waals surface area contributed by atoms with Crippen LogP contribution in [-0.2, 0) is 11.3 Å². The molecule has 0 radical (unpaired) electrons. The summed E-state index contributed by atoms with van der Waals surface area (Å²) in [5, 5.41) is 4.34. The first-order chi connectivity index (χ1) is 10.6. The maximum atomic E-state index is 6.29. The lowest BCUT2D eigenvalue weighted by Crippen LogP contribution is -2.44. The Bertz CT molecular complexity index is 607. The number of benzene rings is 1. The fourth-order valence-electron chi connectivity index (χ4n) is 2.64. The van der Waals surface area contributed by atoms with Crippen molar-refractivity contribution in [3.8, 4) is 0 Å². The molecular weight excluding hydrogens is 294 g/mol. The van der Waals surface area contributed by atoms with E-state index in [0.29, 0.717) is 17.6 Å². The Morgan fingerprint density at radius 3 is 2.59 bits per heavy atom. The minimum absolute atomic E-state index is 0.199. The van der Waals surface area contributed by atoms with E-state index in [4.69, 9.17) is 10.3 Å². The lowest BCUT2D eigenvalue weighted by Gasteiger charge is -2.34. The first-order valence-electron chi connectivity index (χ1n) is 7.87. The summed E-state index contributed by atoms with van der Waals surface area (Å²) in [7, 11) is 0. The molecule has 2 N–H and O–H groups in total. The first-order valence-corrected chi connectivity index (χ1v) is 8.92. The Labute approximate surface area is 135 Å². The van der Waals surface area contributed by atoms with Crippen molar-refractivity contribution in [2.75, 3.05) is 0 Å². The largest absolute Gasteiger partial charge is 0.338 e. The van der Waals surface area contributed by atoms with Gasteiger partial charge >= 0.3 is 0 Å². The van der Waals surface area contributed by atoms with Gasteiger partial charge in [-0.3, -0.25) is 0 Å². The minimum atomic E-state index is -0.354. The van der Waals surface area contributed by atoms with Crippen molar-refractivity contribution in [3.63, 3.8) is 0 Å². The van der Waals surface area contributed by atoms with Crippen LogP contribution in [0, 0.1) is 5.92 Å². The van der Waals surface area contributed by atoms with Gasteiger partial charge in [0.1, 0.15) is 0 Å². The van der Waals surface area contributed by atoms with Crippen LogP contribution in [0.5, 0.6) is 0 Å². The average Bonchev–Trinajstić information content (AvgIpc) is 2.96. The highest BCUT2D eigenvalue weighted by molar-refractivity contribution is 7.98. The summed E-state index contributed by atoms with van der Waals surface area (Å²) < 4.78 is 5.54. The number of hydrogen-bond donors (Lipinski definition) is 1. The van der Waals surface area contributed by atoms with Gasteiger partial charge < -0.3 is 10.3 Å². The molecule has 0 bridgehead atoms. The second-order valence-electron chi connectivity index (χ2n) is 6.43. The van der Waals surface area contributed by atoms with Crippen LogP contribution in [-0.4, -0.2) is 10.1 Å². The third kappa shape index (κ3) is 3.20. The van der Waals surface area contributed by atoms with Crippen LogP contribution in [0.25, 0.3) is 0 Å². The molecule has 1 aromatic heterocycles. The van der Waals surface area contributed by atoms with E-state index in [9.17, 15) is 0 Å². The molecule has 5 heteroatoms. The van der Waals surface area contributed by atoms with Crippen molar-refractivity contribution in [3.05, 3.63) is 47.6 Å². The van der Waals surface area contributed by atoms with Gasteiger partial charge in [0.15, 0.2) is 5.82 Å². The summed E-state index contributed by atoms with van der Waals surface area (Å²) >= 11 is 1.85. The summed E-state index contributed by atoms with van der Waals surface area (Å²) in [4.78, 5) is 4.61. The number of thioether (sulfide) groups is 1. The van der Waals surface area contributed by atoms with Gasteiger partial charge in [-0.1, -0.05) is 49.3 Å². The van der Waals surface area contributed by atoms with E-state index < -0.39 is 0 Å². The molecule has 22 heavy (non-hydrogen) atoms. The normalized spacial score (nSPS) is 18.2. The maximum Gasteiger partial charge on any atom is 0.240 e. The molecular formula is C17H23N3OS. The zero-order valence-corrected chi connectivity index (χ0v) is 14.0. The number of rotatable bonds is 6. The Morgan fingerprint density at radius 2 is 2.00 bits per heavy atom. The summed E-state index contributed by atoms with van der Waals surface area (Å²) in [6.07, 6.45) is 3.06. The van der Waals surface area contributed by atoms with Gasteiger partial charge in [0, 0.05) is 5.75 Å². The SMILES string of the molecule is CC(C)C(SCc1ccccc1)c1nc(C2(N)CCC2)no1. The molecule has 4 nitrogen and oxygen atoms in total. The van der Waals surface area contributed by atoms with E-state index in [1.165, 1.54) is 5.56 Å². The highest BCUT2D eigenvalue weighted by Gasteiger charge is 2.39. The maximum absolute atomic E-state index is 6.29. The standard InChI is InChI=1S/C17H23N3OS/c1-12(2)14(22-11-13-7-4-3-5-8-13)15-19-16(20-21-15)17(18)9-6-10-17/h3-5,7-8,12,14H,6,9-11,18H2,1-2H3. The highest BCUT2D eigenvalue weighted by atomic mass is 32.2. The van der Waals surface area contributed by atoms with Crippen molar-refractivity contribution in [2.45, 2.75) is 49.7 Å².